The predicted octanol–water partition coefficient (Wildman–Crippen LogP) is 4.93. The topological polar surface area (TPSA) is 38.1 Å². The minimum absolute atomic E-state index is 0.0321. The fourth-order valence-electron chi connectivity index (χ4n) is 3.21. The van der Waals surface area contributed by atoms with Gasteiger partial charge in [-0.3, -0.25) is 9.48 Å². The normalized spacial score (nSPS) is 10.8. The highest BCUT2D eigenvalue weighted by atomic mass is 32.1. The Kier molecular flexibility index (Phi) is 5.35. The number of nitrogens with zero attached hydrogens (tertiary/aromatic N) is 3. The Hall–Kier alpha value is -3.18. The molecule has 0 radical (unpaired) electrons. The van der Waals surface area contributed by atoms with Crippen LogP contribution in [0.1, 0.15) is 20.8 Å². The molecule has 28 heavy (non-hydrogen) atoms. The van der Waals surface area contributed by atoms with E-state index in [2.05, 4.69) is 35.4 Å². The third kappa shape index (κ3) is 4.05. The van der Waals surface area contributed by atoms with Crippen molar-refractivity contribution in [3.63, 3.8) is 0 Å². The molecule has 0 saturated heterocycles. The standard InChI is InChI=1S/C23H21N3OS/c1-25(17-20-6-4-15-28-20)23(27)22-8-3-2-7-21(22)19-11-9-18(10-12-19)16-26-14-5-13-24-26/h2-15H,16-17H2,1H3. The fourth-order valence-corrected chi connectivity index (χ4v) is 3.96. The number of hydrogen-bond donors (Lipinski definition) is 0. The van der Waals surface area contributed by atoms with Crippen LogP contribution in [0.15, 0.2) is 84.5 Å². The largest absolute Gasteiger partial charge is 0.337 e. The van der Waals surface area contributed by atoms with E-state index in [1.165, 1.54) is 10.4 Å². The summed E-state index contributed by atoms with van der Waals surface area (Å²) in [6.45, 7) is 1.35. The van der Waals surface area contributed by atoms with Gasteiger partial charge in [0.1, 0.15) is 0 Å². The van der Waals surface area contributed by atoms with E-state index < -0.39 is 0 Å². The van der Waals surface area contributed by atoms with Crippen molar-refractivity contribution < 1.29 is 4.79 Å². The van der Waals surface area contributed by atoms with Gasteiger partial charge in [0.05, 0.1) is 13.1 Å². The van der Waals surface area contributed by atoms with Gasteiger partial charge < -0.3 is 4.90 Å². The van der Waals surface area contributed by atoms with Gasteiger partial charge in [-0.05, 0) is 40.3 Å². The molecule has 0 aliphatic rings. The fraction of sp³-hybridized carbons (Fsp3) is 0.130. The van der Waals surface area contributed by atoms with Crippen LogP contribution in [0, 0.1) is 0 Å². The highest BCUT2D eigenvalue weighted by Gasteiger charge is 2.17. The molecule has 4 rings (SSSR count). The molecule has 0 unspecified atom stereocenters. The van der Waals surface area contributed by atoms with E-state index in [0.717, 1.165) is 23.2 Å². The van der Waals surface area contributed by atoms with Crippen LogP contribution in [-0.2, 0) is 13.1 Å². The van der Waals surface area contributed by atoms with E-state index in [-0.39, 0.29) is 5.91 Å². The first kappa shape index (κ1) is 18.2. The molecule has 0 fully saturated rings. The lowest BCUT2D eigenvalue weighted by Gasteiger charge is -2.18. The van der Waals surface area contributed by atoms with Crippen molar-refractivity contribution in [3.05, 3.63) is 101 Å². The third-order valence-electron chi connectivity index (χ3n) is 4.65. The molecule has 4 nitrogen and oxygen atoms in total. The summed E-state index contributed by atoms with van der Waals surface area (Å²) in [7, 11) is 1.85. The molecule has 4 aromatic rings. The van der Waals surface area contributed by atoms with Crippen molar-refractivity contribution in [1.82, 2.24) is 14.7 Å². The van der Waals surface area contributed by atoms with Crippen LogP contribution >= 0.6 is 11.3 Å². The van der Waals surface area contributed by atoms with Gasteiger partial charge in [0.2, 0.25) is 0 Å². The minimum atomic E-state index is 0.0321. The van der Waals surface area contributed by atoms with Crippen LogP contribution in [0.2, 0.25) is 0 Å². The zero-order valence-corrected chi connectivity index (χ0v) is 16.5. The van der Waals surface area contributed by atoms with Crippen LogP contribution in [0.4, 0.5) is 0 Å². The second-order valence-electron chi connectivity index (χ2n) is 6.69. The molecule has 0 N–H and O–H groups in total. The summed E-state index contributed by atoms with van der Waals surface area (Å²) in [6.07, 6.45) is 3.73. The van der Waals surface area contributed by atoms with Crippen LogP contribution in [-0.4, -0.2) is 27.6 Å². The summed E-state index contributed by atoms with van der Waals surface area (Å²) in [5, 5.41) is 6.28. The highest BCUT2D eigenvalue weighted by Crippen LogP contribution is 2.26. The Labute approximate surface area is 168 Å². The Morgan fingerprint density at radius 2 is 1.86 bits per heavy atom. The molecule has 0 aliphatic carbocycles. The van der Waals surface area contributed by atoms with Crippen molar-refractivity contribution in [2.75, 3.05) is 7.05 Å². The summed E-state index contributed by atoms with van der Waals surface area (Å²) in [5.74, 6) is 0.0321. The number of hydrogen-bond acceptors (Lipinski definition) is 3. The summed E-state index contributed by atoms with van der Waals surface area (Å²) in [6, 6.07) is 22.1. The van der Waals surface area contributed by atoms with Crippen LogP contribution in [0.5, 0.6) is 0 Å². The molecule has 140 valence electrons. The van der Waals surface area contributed by atoms with Gasteiger partial charge in [0.15, 0.2) is 0 Å². The number of thiophene rings is 1. The molecule has 5 heteroatoms. The Morgan fingerprint density at radius 1 is 1.04 bits per heavy atom. The number of aromatic nitrogens is 2. The second-order valence-corrected chi connectivity index (χ2v) is 7.72. The van der Waals surface area contributed by atoms with Crippen molar-refractivity contribution >= 4 is 17.2 Å². The van der Waals surface area contributed by atoms with E-state index in [9.17, 15) is 4.79 Å². The molecule has 0 aliphatic heterocycles. The minimum Gasteiger partial charge on any atom is -0.337 e. The van der Waals surface area contributed by atoms with Crippen LogP contribution < -0.4 is 0 Å². The number of rotatable bonds is 6. The lowest BCUT2D eigenvalue weighted by atomic mass is 9.98. The Morgan fingerprint density at radius 3 is 2.57 bits per heavy atom. The summed E-state index contributed by atoms with van der Waals surface area (Å²) < 4.78 is 1.89. The second kappa shape index (κ2) is 8.23. The molecule has 2 heterocycles. The molecule has 1 amide bonds. The maximum atomic E-state index is 13.1. The van der Waals surface area contributed by atoms with Gasteiger partial charge in [-0.1, -0.05) is 48.5 Å². The summed E-state index contributed by atoms with van der Waals surface area (Å²) in [4.78, 5) is 16.0. The first-order valence-electron chi connectivity index (χ1n) is 9.14. The molecular weight excluding hydrogens is 366 g/mol. The number of amides is 1. The van der Waals surface area contributed by atoms with Crippen LogP contribution in [0.3, 0.4) is 0 Å². The number of carbonyl (C=O) groups is 1. The number of benzene rings is 2. The van der Waals surface area contributed by atoms with Crippen molar-refractivity contribution in [2.45, 2.75) is 13.1 Å². The molecule has 0 spiro atoms. The molecule has 0 atom stereocenters. The lowest BCUT2D eigenvalue weighted by molar-refractivity contribution is 0.0787. The number of carbonyl (C=O) groups excluding carboxylic acids is 1. The maximum absolute atomic E-state index is 13.1. The van der Waals surface area contributed by atoms with Gasteiger partial charge in [-0.25, -0.2) is 0 Å². The first-order valence-corrected chi connectivity index (χ1v) is 10.0. The zero-order chi connectivity index (χ0) is 19.3. The third-order valence-corrected chi connectivity index (χ3v) is 5.51. The SMILES string of the molecule is CN(Cc1cccs1)C(=O)c1ccccc1-c1ccc(Cn2cccn2)cc1. The first-order chi connectivity index (χ1) is 13.7. The quantitative estimate of drug-likeness (QED) is 0.470. The summed E-state index contributed by atoms with van der Waals surface area (Å²) >= 11 is 1.67. The van der Waals surface area contributed by atoms with Gasteiger partial charge in [0, 0.05) is 29.9 Å². The Balaban J connectivity index is 1.56. The van der Waals surface area contributed by atoms with Crippen LogP contribution in [0.25, 0.3) is 11.1 Å². The molecule has 2 aromatic heterocycles. The average Bonchev–Trinajstić information content (AvgIpc) is 3.42. The van der Waals surface area contributed by atoms with Gasteiger partial charge in [-0.2, -0.15) is 5.10 Å². The average molecular weight is 388 g/mol. The van der Waals surface area contributed by atoms with Gasteiger partial charge >= 0.3 is 0 Å². The zero-order valence-electron chi connectivity index (χ0n) is 15.7. The van der Waals surface area contributed by atoms with E-state index in [4.69, 9.17) is 0 Å². The predicted molar refractivity (Wildman–Crippen MR) is 113 cm³/mol. The van der Waals surface area contributed by atoms with E-state index in [0.29, 0.717) is 6.54 Å². The van der Waals surface area contributed by atoms with Gasteiger partial charge in [-0.15, -0.1) is 11.3 Å². The summed E-state index contributed by atoms with van der Waals surface area (Å²) in [5.41, 5.74) is 3.89. The molecule has 0 saturated carbocycles. The lowest BCUT2D eigenvalue weighted by Crippen LogP contribution is -2.26. The van der Waals surface area contributed by atoms with Crippen molar-refractivity contribution in [3.8, 4) is 11.1 Å². The van der Waals surface area contributed by atoms with E-state index >= 15 is 0 Å². The van der Waals surface area contributed by atoms with Crippen molar-refractivity contribution in [1.29, 1.82) is 0 Å². The highest BCUT2D eigenvalue weighted by molar-refractivity contribution is 7.09. The smallest absolute Gasteiger partial charge is 0.254 e. The molecule has 2 aromatic carbocycles. The van der Waals surface area contributed by atoms with Gasteiger partial charge in [0.25, 0.3) is 5.91 Å². The maximum Gasteiger partial charge on any atom is 0.254 e. The van der Waals surface area contributed by atoms with E-state index in [1.54, 1.807) is 22.4 Å². The molecule has 0 bridgehead atoms. The molecular formula is C23H21N3OS. The monoisotopic (exact) mass is 387 g/mol. The Bertz CT molecular complexity index is 1040. The van der Waals surface area contributed by atoms with Crippen molar-refractivity contribution in [2.24, 2.45) is 0 Å². The van der Waals surface area contributed by atoms with E-state index in [1.807, 2.05) is 59.7 Å².